The molecule has 0 aliphatic heterocycles. The van der Waals surface area contributed by atoms with E-state index >= 15 is 0 Å². The van der Waals surface area contributed by atoms with Gasteiger partial charge in [-0.2, -0.15) is 0 Å². The normalized spacial score (nSPS) is 11.0. The van der Waals surface area contributed by atoms with E-state index in [1.54, 1.807) is 0 Å². The first-order valence-corrected chi connectivity index (χ1v) is 7.50. The van der Waals surface area contributed by atoms with Crippen LogP contribution in [-0.2, 0) is 0 Å². The molecule has 0 fully saturated rings. The molecule has 0 saturated carbocycles. The average molecular weight is 409 g/mol. The van der Waals surface area contributed by atoms with E-state index in [1.165, 1.54) is 12.1 Å². The molecular weight excluding hydrogens is 400 g/mol. The molecule has 0 atom stereocenters. The Morgan fingerprint density at radius 2 is 1.73 bits per heavy atom. The number of rotatable bonds is 3. The van der Waals surface area contributed by atoms with Crippen molar-refractivity contribution in [2.45, 2.75) is 6.36 Å². The number of nitrogens with one attached hydrogen (secondary N) is 1. The van der Waals surface area contributed by atoms with Crippen LogP contribution in [0.4, 0.5) is 28.0 Å². The van der Waals surface area contributed by atoms with E-state index in [-0.39, 0.29) is 15.0 Å². The molecule has 2 rings (SSSR count). The molecule has 26 heavy (non-hydrogen) atoms. The van der Waals surface area contributed by atoms with Crippen molar-refractivity contribution in [3.05, 3.63) is 58.9 Å². The van der Waals surface area contributed by atoms with Crippen molar-refractivity contribution in [3.63, 3.8) is 0 Å². The molecule has 0 aliphatic rings. The Balaban J connectivity index is 2.08. The highest BCUT2D eigenvalue weighted by Gasteiger charge is 2.31. The Hall–Kier alpha value is -2.46. The number of alkyl halides is 3. The Morgan fingerprint density at radius 3 is 2.27 bits per heavy atom. The number of carbonyl (C=O) groups excluding carboxylic acids is 2. The SMILES string of the molecule is O=C(Nc1ccc(OC(F)(F)F)cc1)N(S)C(=O)c1c(F)cccc1Cl. The highest BCUT2D eigenvalue weighted by molar-refractivity contribution is 7.79. The van der Waals surface area contributed by atoms with Gasteiger partial charge < -0.3 is 10.1 Å². The van der Waals surface area contributed by atoms with Gasteiger partial charge in [-0.05, 0) is 36.4 Å². The van der Waals surface area contributed by atoms with Crippen LogP contribution < -0.4 is 10.1 Å². The standard InChI is InChI=1S/C15H9ClF4N2O3S/c16-10-2-1-3-11(17)12(10)13(23)22(26)14(24)21-8-4-6-9(7-5-8)25-15(18,19)20/h1-7,26H,(H,21,24). The summed E-state index contributed by atoms with van der Waals surface area (Å²) >= 11 is 9.45. The van der Waals surface area contributed by atoms with Crippen LogP contribution in [0.3, 0.4) is 0 Å². The van der Waals surface area contributed by atoms with E-state index in [2.05, 4.69) is 22.9 Å². The molecule has 0 aliphatic carbocycles. The number of halogens is 5. The molecule has 1 N–H and O–H groups in total. The number of carbonyl (C=O) groups is 2. The van der Waals surface area contributed by atoms with Crippen molar-refractivity contribution in [2.75, 3.05) is 5.32 Å². The smallest absolute Gasteiger partial charge is 0.406 e. The Morgan fingerprint density at radius 1 is 1.12 bits per heavy atom. The van der Waals surface area contributed by atoms with Crippen molar-refractivity contribution >= 4 is 42.0 Å². The van der Waals surface area contributed by atoms with Crippen molar-refractivity contribution in [1.29, 1.82) is 0 Å². The number of ether oxygens (including phenoxy) is 1. The number of thiol groups is 1. The summed E-state index contributed by atoms with van der Waals surface area (Å²) in [6, 6.07) is 6.60. The molecule has 138 valence electrons. The molecule has 3 amide bonds. The number of anilines is 1. The van der Waals surface area contributed by atoms with Crippen LogP contribution in [-0.4, -0.2) is 22.6 Å². The second-order valence-corrected chi connectivity index (χ2v) is 5.52. The number of amides is 3. The van der Waals surface area contributed by atoms with Gasteiger partial charge in [0.05, 0.1) is 10.6 Å². The predicted octanol–water partition coefficient (Wildman–Crippen LogP) is 4.90. The molecule has 2 aromatic carbocycles. The minimum atomic E-state index is -4.85. The number of nitrogens with zero attached hydrogens (tertiary/aromatic N) is 1. The lowest BCUT2D eigenvalue weighted by atomic mass is 10.2. The summed E-state index contributed by atoms with van der Waals surface area (Å²) in [5.41, 5.74) is -0.496. The van der Waals surface area contributed by atoms with Crippen LogP contribution in [0.15, 0.2) is 42.5 Å². The summed E-state index contributed by atoms with van der Waals surface area (Å²) in [4.78, 5) is 24.2. The van der Waals surface area contributed by atoms with Crippen LogP contribution in [0, 0.1) is 5.82 Å². The Kier molecular flexibility index (Phi) is 5.98. The zero-order chi connectivity index (χ0) is 19.5. The maximum absolute atomic E-state index is 13.7. The van der Waals surface area contributed by atoms with E-state index in [1.807, 2.05) is 0 Å². The number of benzene rings is 2. The third kappa shape index (κ3) is 5.02. The van der Waals surface area contributed by atoms with E-state index in [9.17, 15) is 27.2 Å². The third-order valence-electron chi connectivity index (χ3n) is 2.90. The highest BCUT2D eigenvalue weighted by atomic mass is 35.5. The first-order chi connectivity index (χ1) is 12.1. The van der Waals surface area contributed by atoms with Crippen molar-refractivity contribution in [3.8, 4) is 5.75 Å². The number of hydrogen-bond donors (Lipinski definition) is 2. The van der Waals surface area contributed by atoms with Crippen LogP contribution in [0.5, 0.6) is 5.75 Å². The monoisotopic (exact) mass is 408 g/mol. The van der Waals surface area contributed by atoms with Gasteiger partial charge in [-0.25, -0.2) is 13.5 Å². The van der Waals surface area contributed by atoms with Crippen molar-refractivity contribution in [1.82, 2.24) is 4.31 Å². The fourth-order valence-electron chi connectivity index (χ4n) is 1.82. The second-order valence-electron chi connectivity index (χ2n) is 4.72. The molecule has 0 bridgehead atoms. The van der Waals surface area contributed by atoms with Gasteiger partial charge in [0.25, 0.3) is 5.91 Å². The second kappa shape index (κ2) is 7.83. The van der Waals surface area contributed by atoms with Gasteiger partial charge in [-0.15, -0.1) is 13.2 Å². The molecule has 0 saturated heterocycles. The maximum Gasteiger partial charge on any atom is 0.573 e. The fraction of sp³-hybridized carbons (Fsp3) is 0.0667. The van der Waals surface area contributed by atoms with E-state index < -0.39 is 35.4 Å². The number of imide groups is 1. The summed E-state index contributed by atoms with van der Waals surface area (Å²) in [5.74, 6) is -2.55. The van der Waals surface area contributed by atoms with Crippen molar-refractivity contribution < 1.29 is 31.9 Å². The van der Waals surface area contributed by atoms with Crippen LogP contribution >= 0.6 is 24.4 Å². The van der Waals surface area contributed by atoms with E-state index in [0.29, 0.717) is 0 Å². The van der Waals surface area contributed by atoms with Gasteiger partial charge >= 0.3 is 12.4 Å². The molecule has 2 aromatic rings. The molecular formula is C15H9ClF4N2O3S. The number of urea groups is 1. The number of hydrogen-bond acceptors (Lipinski definition) is 4. The summed E-state index contributed by atoms with van der Waals surface area (Å²) in [6.45, 7) is 0. The summed E-state index contributed by atoms with van der Waals surface area (Å²) in [5, 5.41) is 2.00. The Labute approximate surface area is 155 Å². The summed E-state index contributed by atoms with van der Waals surface area (Å²) in [7, 11) is 0. The van der Waals surface area contributed by atoms with Crippen LogP contribution in [0.2, 0.25) is 5.02 Å². The molecule has 0 aromatic heterocycles. The maximum atomic E-state index is 13.7. The summed E-state index contributed by atoms with van der Waals surface area (Å²) in [6.07, 6.45) is -4.85. The lowest BCUT2D eigenvalue weighted by Gasteiger charge is -2.16. The van der Waals surface area contributed by atoms with Gasteiger partial charge in [-0.1, -0.05) is 30.5 Å². The van der Waals surface area contributed by atoms with E-state index in [0.717, 1.165) is 30.3 Å². The highest BCUT2D eigenvalue weighted by Crippen LogP contribution is 2.25. The quantitative estimate of drug-likeness (QED) is 0.561. The fourth-order valence-corrected chi connectivity index (χ4v) is 2.21. The lowest BCUT2D eigenvalue weighted by molar-refractivity contribution is -0.274. The predicted molar refractivity (Wildman–Crippen MR) is 88.7 cm³/mol. The molecule has 0 radical (unpaired) electrons. The van der Waals surface area contributed by atoms with Gasteiger partial charge in [-0.3, -0.25) is 4.79 Å². The van der Waals surface area contributed by atoms with Crippen LogP contribution in [0.25, 0.3) is 0 Å². The van der Waals surface area contributed by atoms with E-state index in [4.69, 9.17) is 11.6 Å². The average Bonchev–Trinajstić information content (AvgIpc) is 2.54. The minimum Gasteiger partial charge on any atom is -0.406 e. The minimum absolute atomic E-state index is 0.0519. The van der Waals surface area contributed by atoms with Gasteiger partial charge in [0, 0.05) is 5.69 Å². The molecule has 0 spiro atoms. The first kappa shape index (κ1) is 19.9. The molecule has 5 nitrogen and oxygen atoms in total. The largest absolute Gasteiger partial charge is 0.573 e. The third-order valence-corrected chi connectivity index (χ3v) is 3.58. The lowest BCUT2D eigenvalue weighted by Crippen LogP contribution is -2.33. The zero-order valence-electron chi connectivity index (χ0n) is 12.6. The first-order valence-electron chi connectivity index (χ1n) is 6.72. The molecule has 0 unspecified atom stereocenters. The molecule has 0 heterocycles. The topological polar surface area (TPSA) is 58.6 Å². The van der Waals surface area contributed by atoms with Gasteiger partial charge in [0.2, 0.25) is 0 Å². The summed E-state index contributed by atoms with van der Waals surface area (Å²) < 4.78 is 53.9. The van der Waals surface area contributed by atoms with Crippen molar-refractivity contribution in [2.24, 2.45) is 0 Å². The Bertz CT molecular complexity index is 810. The zero-order valence-corrected chi connectivity index (χ0v) is 14.2. The van der Waals surface area contributed by atoms with Gasteiger partial charge in [0.15, 0.2) is 0 Å². The molecule has 11 heteroatoms. The van der Waals surface area contributed by atoms with Gasteiger partial charge in [0.1, 0.15) is 11.6 Å². The van der Waals surface area contributed by atoms with Crippen LogP contribution in [0.1, 0.15) is 10.4 Å².